The zero-order valence-electron chi connectivity index (χ0n) is 18.3. The van der Waals surface area contributed by atoms with Crippen molar-refractivity contribution >= 4 is 34.6 Å². The van der Waals surface area contributed by atoms with Gasteiger partial charge in [-0.25, -0.2) is 4.98 Å². The molecule has 9 nitrogen and oxygen atoms in total. The van der Waals surface area contributed by atoms with Crippen LogP contribution in [0.5, 0.6) is 5.75 Å². The number of rotatable bonds is 8. The Morgan fingerprint density at radius 3 is 2.62 bits per heavy atom. The van der Waals surface area contributed by atoms with Gasteiger partial charge in [0.25, 0.3) is 0 Å². The lowest BCUT2D eigenvalue weighted by Crippen LogP contribution is -2.66. The first-order valence-electron chi connectivity index (χ1n) is 11.0. The molecule has 3 fully saturated rings. The highest BCUT2D eigenvalue weighted by atomic mass is 16.5. The van der Waals surface area contributed by atoms with E-state index in [-0.39, 0.29) is 23.0 Å². The number of Topliss-reactive ketones (excluding diaryl/α,β-unsaturated/α-hetero) is 1. The van der Waals surface area contributed by atoms with Gasteiger partial charge in [0.2, 0.25) is 5.91 Å². The standard InChI is InChI=1S/C23H27N5O4/c1-3-19(29)15-7-25-20(27-22(30)14-4-5-14)6-16(15)26-17-8-24-9-18(21(17)31-2)28-10-23(11-28)12-32-13-23/h6-9,14H,3-5,10-13H2,1-2H3,(H2,25,26,27,30). The largest absolute Gasteiger partial charge is 0.492 e. The van der Waals surface area contributed by atoms with E-state index in [9.17, 15) is 9.59 Å². The maximum atomic E-state index is 12.5. The Kier molecular flexibility index (Phi) is 5.21. The minimum absolute atomic E-state index is 0.0362. The van der Waals surface area contributed by atoms with Crippen LogP contribution in [0.4, 0.5) is 22.9 Å². The molecule has 0 unspecified atom stereocenters. The number of ketones is 1. The van der Waals surface area contributed by atoms with E-state index in [2.05, 4.69) is 25.5 Å². The second-order valence-electron chi connectivity index (χ2n) is 8.87. The van der Waals surface area contributed by atoms with Crippen LogP contribution in [0.25, 0.3) is 0 Å². The summed E-state index contributed by atoms with van der Waals surface area (Å²) in [6.45, 7) is 5.21. The third-order valence-corrected chi connectivity index (χ3v) is 6.29. The number of methoxy groups -OCH3 is 1. The van der Waals surface area contributed by atoms with Crippen LogP contribution in [0.2, 0.25) is 0 Å². The first kappa shape index (κ1) is 20.7. The maximum absolute atomic E-state index is 12.5. The van der Waals surface area contributed by atoms with E-state index in [4.69, 9.17) is 9.47 Å². The quantitative estimate of drug-likeness (QED) is 0.607. The van der Waals surface area contributed by atoms with Crippen molar-refractivity contribution in [1.29, 1.82) is 0 Å². The topological polar surface area (TPSA) is 106 Å². The molecule has 0 aromatic carbocycles. The van der Waals surface area contributed by atoms with Crippen molar-refractivity contribution in [3.8, 4) is 5.75 Å². The molecule has 9 heteroatoms. The molecule has 4 heterocycles. The smallest absolute Gasteiger partial charge is 0.228 e. The number of hydrogen-bond acceptors (Lipinski definition) is 8. The normalized spacial score (nSPS) is 18.5. The van der Waals surface area contributed by atoms with Crippen molar-refractivity contribution in [3.63, 3.8) is 0 Å². The minimum atomic E-state index is -0.0437. The Balaban J connectivity index is 1.43. The van der Waals surface area contributed by atoms with Gasteiger partial charge in [-0.15, -0.1) is 0 Å². The Hall–Kier alpha value is -3.20. The lowest BCUT2D eigenvalue weighted by atomic mass is 9.78. The first-order chi connectivity index (χ1) is 15.5. The molecule has 32 heavy (non-hydrogen) atoms. The third-order valence-electron chi connectivity index (χ3n) is 6.29. The van der Waals surface area contributed by atoms with E-state index in [1.54, 1.807) is 25.6 Å². The second kappa shape index (κ2) is 8.05. The molecule has 5 rings (SSSR count). The van der Waals surface area contributed by atoms with Gasteiger partial charge in [0.1, 0.15) is 17.2 Å². The molecule has 1 spiro atoms. The van der Waals surface area contributed by atoms with Crippen molar-refractivity contribution in [2.75, 3.05) is 48.9 Å². The maximum Gasteiger partial charge on any atom is 0.228 e. The Morgan fingerprint density at radius 1 is 1.22 bits per heavy atom. The fourth-order valence-electron chi connectivity index (χ4n) is 4.23. The SMILES string of the molecule is CCC(=O)c1cnc(NC(=O)C2CC2)cc1Nc1cncc(N2CC3(COC3)C2)c1OC. The van der Waals surface area contributed by atoms with Crippen LogP contribution in [-0.4, -0.2) is 55.1 Å². The summed E-state index contributed by atoms with van der Waals surface area (Å²) in [5.74, 6) is 1.05. The summed E-state index contributed by atoms with van der Waals surface area (Å²) >= 11 is 0. The van der Waals surface area contributed by atoms with E-state index in [1.165, 1.54) is 6.20 Å². The van der Waals surface area contributed by atoms with E-state index in [0.29, 0.717) is 34.9 Å². The molecule has 1 amide bonds. The Bertz CT molecular complexity index is 1060. The number of carbonyl (C=O) groups is 2. The highest BCUT2D eigenvalue weighted by Crippen LogP contribution is 2.45. The molecule has 168 valence electrons. The molecular formula is C23H27N5O4. The van der Waals surface area contributed by atoms with E-state index < -0.39 is 0 Å². The van der Waals surface area contributed by atoms with Crippen LogP contribution in [0.15, 0.2) is 24.7 Å². The summed E-state index contributed by atoms with van der Waals surface area (Å²) in [5.41, 5.74) is 2.82. The molecule has 2 aliphatic heterocycles. The summed E-state index contributed by atoms with van der Waals surface area (Å²) in [4.78, 5) is 35.6. The fraction of sp³-hybridized carbons (Fsp3) is 0.478. The van der Waals surface area contributed by atoms with E-state index >= 15 is 0 Å². The monoisotopic (exact) mass is 437 g/mol. The number of hydrogen-bond donors (Lipinski definition) is 2. The zero-order valence-corrected chi connectivity index (χ0v) is 18.3. The summed E-state index contributed by atoms with van der Waals surface area (Å²) in [5, 5.41) is 6.15. The van der Waals surface area contributed by atoms with Crippen molar-refractivity contribution in [1.82, 2.24) is 9.97 Å². The highest BCUT2D eigenvalue weighted by molar-refractivity contribution is 6.03. The summed E-state index contributed by atoms with van der Waals surface area (Å²) in [7, 11) is 1.62. The average Bonchev–Trinajstić information content (AvgIpc) is 3.57. The van der Waals surface area contributed by atoms with Gasteiger partial charge in [-0.05, 0) is 12.8 Å². The first-order valence-corrected chi connectivity index (χ1v) is 11.0. The van der Waals surface area contributed by atoms with Crippen molar-refractivity contribution < 1.29 is 19.1 Å². The molecule has 2 aromatic heterocycles. The molecule has 3 aliphatic rings. The Morgan fingerprint density at radius 2 is 2.00 bits per heavy atom. The third kappa shape index (κ3) is 3.77. The number of carbonyl (C=O) groups excluding carboxylic acids is 2. The predicted octanol–water partition coefficient (Wildman–Crippen LogP) is 3.01. The van der Waals surface area contributed by atoms with Gasteiger partial charge in [0.15, 0.2) is 11.5 Å². The molecule has 2 N–H and O–H groups in total. The number of nitrogens with one attached hydrogen (secondary N) is 2. The van der Waals surface area contributed by atoms with Gasteiger partial charge < -0.3 is 25.0 Å². The summed E-state index contributed by atoms with van der Waals surface area (Å²) < 4.78 is 11.1. The predicted molar refractivity (Wildman–Crippen MR) is 120 cm³/mol. The van der Waals surface area contributed by atoms with Crippen LogP contribution < -0.4 is 20.3 Å². The van der Waals surface area contributed by atoms with Crippen molar-refractivity contribution in [3.05, 3.63) is 30.2 Å². The van der Waals surface area contributed by atoms with Crippen molar-refractivity contribution in [2.24, 2.45) is 11.3 Å². The Labute approximate surface area is 186 Å². The minimum Gasteiger partial charge on any atom is -0.492 e. The summed E-state index contributed by atoms with van der Waals surface area (Å²) in [6, 6.07) is 1.69. The van der Waals surface area contributed by atoms with Gasteiger partial charge in [0.05, 0.1) is 49.4 Å². The molecule has 0 bridgehead atoms. The molecular weight excluding hydrogens is 410 g/mol. The van der Waals surface area contributed by atoms with Crippen LogP contribution in [0, 0.1) is 11.3 Å². The molecule has 2 saturated heterocycles. The lowest BCUT2D eigenvalue weighted by Gasteiger charge is -2.56. The number of ether oxygens (including phenoxy) is 2. The van der Waals surface area contributed by atoms with Gasteiger partial charge in [-0.3, -0.25) is 14.6 Å². The summed E-state index contributed by atoms with van der Waals surface area (Å²) in [6.07, 6.45) is 7.13. The van der Waals surface area contributed by atoms with Gasteiger partial charge in [-0.2, -0.15) is 0 Å². The van der Waals surface area contributed by atoms with Crippen LogP contribution in [0.3, 0.4) is 0 Å². The molecule has 0 radical (unpaired) electrons. The number of anilines is 4. The lowest BCUT2D eigenvalue weighted by molar-refractivity contribution is -0.127. The van der Waals surface area contributed by atoms with Gasteiger partial charge >= 0.3 is 0 Å². The molecule has 0 atom stereocenters. The average molecular weight is 438 g/mol. The van der Waals surface area contributed by atoms with Crippen LogP contribution >= 0.6 is 0 Å². The van der Waals surface area contributed by atoms with Gasteiger partial charge in [-0.1, -0.05) is 6.92 Å². The second-order valence-corrected chi connectivity index (χ2v) is 8.87. The molecule has 2 aromatic rings. The number of aromatic nitrogens is 2. The highest BCUT2D eigenvalue weighted by Gasteiger charge is 2.49. The van der Waals surface area contributed by atoms with E-state index in [1.807, 2.05) is 6.92 Å². The van der Waals surface area contributed by atoms with Gasteiger partial charge in [0, 0.05) is 37.7 Å². The van der Waals surface area contributed by atoms with E-state index in [0.717, 1.165) is 44.8 Å². The van der Waals surface area contributed by atoms with Crippen LogP contribution in [-0.2, 0) is 9.53 Å². The number of amides is 1. The fourth-order valence-corrected chi connectivity index (χ4v) is 4.23. The number of nitrogens with zero attached hydrogens (tertiary/aromatic N) is 3. The number of pyridine rings is 2. The van der Waals surface area contributed by atoms with Crippen molar-refractivity contribution in [2.45, 2.75) is 26.2 Å². The molecule has 1 aliphatic carbocycles. The zero-order chi connectivity index (χ0) is 22.3. The van der Waals surface area contributed by atoms with Crippen LogP contribution in [0.1, 0.15) is 36.5 Å². The molecule has 1 saturated carbocycles.